The first-order valence-corrected chi connectivity index (χ1v) is 10.8. The van der Waals surface area contributed by atoms with E-state index >= 15 is 0 Å². The minimum Gasteiger partial charge on any atom is -0.362 e. The number of carbonyl (C=O) groups excluding carboxylic acids is 1. The molecule has 1 atom stereocenters. The van der Waals surface area contributed by atoms with Crippen LogP contribution in [0.4, 0.5) is 5.69 Å². The third kappa shape index (κ3) is 5.10. The van der Waals surface area contributed by atoms with Crippen LogP contribution in [0.1, 0.15) is 29.5 Å². The van der Waals surface area contributed by atoms with Crippen molar-refractivity contribution in [3.8, 4) is 0 Å². The molecule has 3 N–H and O–H groups in total. The first kappa shape index (κ1) is 20.2. The molecule has 1 fully saturated rings. The highest BCUT2D eigenvalue weighted by atomic mass is 35.5. The molecule has 1 amide bonds. The Labute approximate surface area is 177 Å². The van der Waals surface area contributed by atoms with E-state index < -0.39 is 6.17 Å². The zero-order valence-electron chi connectivity index (χ0n) is 16.9. The van der Waals surface area contributed by atoms with E-state index in [9.17, 15) is 4.79 Å². The number of benzene rings is 2. The number of anilines is 1. The van der Waals surface area contributed by atoms with Crippen molar-refractivity contribution in [1.82, 2.24) is 15.5 Å². The summed E-state index contributed by atoms with van der Waals surface area (Å²) in [5.41, 5.74) is 4.65. The smallest absolute Gasteiger partial charge is 0.257 e. The molecule has 6 heteroatoms. The van der Waals surface area contributed by atoms with Crippen molar-refractivity contribution in [3.05, 3.63) is 64.2 Å². The van der Waals surface area contributed by atoms with Crippen LogP contribution in [0, 0.1) is 5.92 Å². The first-order chi connectivity index (χ1) is 14.1. The van der Waals surface area contributed by atoms with Gasteiger partial charge in [-0.05, 0) is 61.1 Å². The second-order valence-corrected chi connectivity index (χ2v) is 8.45. The second-order valence-electron chi connectivity index (χ2n) is 8.05. The van der Waals surface area contributed by atoms with E-state index in [1.165, 1.54) is 30.5 Å². The summed E-state index contributed by atoms with van der Waals surface area (Å²) in [6.07, 6.45) is 3.28. The molecule has 1 saturated carbocycles. The van der Waals surface area contributed by atoms with Gasteiger partial charge < -0.3 is 10.6 Å². The van der Waals surface area contributed by atoms with Crippen LogP contribution in [0.2, 0.25) is 5.02 Å². The zero-order valence-corrected chi connectivity index (χ0v) is 17.6. The van der Waals surface area contributed by atoms with E-state index in [0.29, 0.717) is 11.6 Å². The standard InChI is InChI=1S/C23H29ClN4O/c1-25-22(23(29)26-13-17-5-2-3-7-20(17)24)27-21-8-4-6-18-15-28(12-11-19(18)21)14-16-9-10-16/h2-8,16,22,25,27H,9-15H2,1H3,(H,26,29). The number of halogens is 1. The van der Waals surface area contributed by atoms with E-state index in [-0.39, 0.29) is 5.91 Å². The van der Waals surface area contributed by atoms with Gasteiger partial charge in [0.2, 0.25) is 0 Å². The molecule has 0 spiro atoms. The highest BCUT2D eigenvalue weighted by Crippen LogP contribution is 2.33. The summed E-state index contributed by atoms with van der Waals surface area (Å²) in [5.74, 6) is 0.810. The van der Waals surface area contributed by atoms with E-state index in [0.717, 1.165) is 36.7 Å². The quantitative estimate of drug-likeness (QED) is 0.582. The first-order valence-electron chi connectivity index (χ1n) is 10.4. The van der Waals surface area contributed by atoms with Crippen molar-refractivity contribution in [3.63, 3.8) is 0 Å². The summed E-state index contributed by atoms with van der Waals surface area (Å²) in [6.45, 7) is 3.72. The zero-order chi connectivity index (χ0) is 20.2. The average molecular weight is 413 g/mol. The molecule has 1 heterocycles. The number of hydrogen-bond donors (Lipinski definition) is 3. The Balaban J connectivity index is 1.39. The van der Waals surface area contributed by atoms with Gasteiger partial charge in [-0.1, -0.05) is 41.9 Å². The van der Waals surface area contributed by atoms with Crippen molar-refractivity contribution < 1.29 is 4.79 Å². The Kier molecular flexibility index (Phi) is 6.38. The summed E-state index contributed by atoms with van der Waals surface area (Å²) in [7, 11) is 1.79. The molecule has 0 radical (unpaired) electrons. The molecule has 2 aromatic carbocycles. The Morgan fingerprint density at radius 1 is 1.21 bits per heavy atom. The Bertz CT molecular complexity index is 868. The number of rotatable bonds is 8. The summed E-state index contributed by atoms with van der Waals surface area (Å²) < 4.78 is 0. The van der Waals surface area contributed by atoms with Gasteiger partial charge in [-0.15, -0.1) is 0 Å². The molecule has 1 unspecified atom stereocenters. The lowest BCUT2D eigenvalue weighted by molar-refractivity contribution is -0.122. The van der Waals surface area contributed by atoms with Gasteiger partial charge in [0.05, 0.1) is 0 Å². The molecule has 2 aromatic rings. The Morgan fingerprint density at radius 2 is 2.03 bits per heavy atom. The van der Waals surface area contributed by atoms with Gasteiger partial charge in [-0.2, -0.15) is 0 Å². The molecule has 5 nitrogen and oxygen atoms in total. The molecule has 1 aliphatic carbocycles. The molecule has 0 saturated heterocycles. The second kappa shape index (κ2) is 9.16. The van der Waals surface area contributed by atoms with Gasteiger partial charge >= 0.3 is 0 Å². The van der Waals surface area contributed by atoms with Gasteiger partial charge in [-0.3, -0.25) is 15.0 Å². The average Bonchev–Trinajstić information content (AvgIpc) is 3.55. The van der Waals surface area contributed by atoms with Gasteiger partial charge in [0, 0.05) is 36.9 Å². The lowest BCUT2D eigenvalue weighted by Gasteiger charge is -2.31. The summed E-state index contributed by atoms with van der Waals surface area (Å²) in [5, 5.41) is 10.1. The van der Waals surface area contributed by atoms with Crippen LogP contribution in [0.15, 0.2) is 42.5 Å². The van der Waals surface area contributed by atoms with Crippen LogP contribution < -0.4 is 16.0 Å². The predicted molar refractivity (Wildman–Crippen MR) is 118 cm³/mol. The van der Waals surface area contributed by atoms with Gasteiger partial charge in [0.1, 0.15) is 0 Å². The number of fused-ring (bicyclic) bond motifs is 1. The minimum absolute atomic E-state index is 0.101. The van der Waals surface area contributed by atoms with Crippen molar-refractivity contribution in [2.24, 2.45) is 5.92 Å². The lowest BCUT2D eigenvalue weighted by atomic mass is 9.97. The van der Waals surface area contributed by atoms with Crippen LogP contribution in [0.3, 0.4) is 0 Å². The van der Waals surface area contributed by atoms with E-state index in [4.69, 9.17) is 11.6 Å². The van der Waals surface area contributed by atoms with E-state index in [1.807, 2.05) is 24.3 Å². The SMILES string of the molecule is CNC(Nc1cccc2c1CCN(CC1CC1)C2)C(=O)NCc1ccccc1Cl. The molecule has 1 aliphatic heterocycles. The molecule has 154 valence electrons. The number of nitrogens with zero attached hydrogens (tertiary/aromatic N) is 1. The van der Waals surface area contributed by atoms with Crippen LogP contribution in [-0.2, 0) is 24.3 Å². The Hall–Kier alpha value is -2.08. The highest BCUT2D eigenvalue weighted by Gasteiger charge is 2.27. The minimum atomic E-state index is -0.506. The summed E-state index contributed by atoms with van der Waals surface area (Å²) in [4.78, 5) is 15.3. The monoisotopic (exact) mass is 412 g/mol. The summed E-state index contributed by atoms with van der Waals surface area (Å²) in [6, 6.07) is 13.9. The van der Waals surface area contributed by atoms with Crippen molar-refractivity contribution in [1.29, 1.82) is 0 Å². The Morgan fingerprint density at radius 3 is 2.79 bits per heavy atom. The summed E-state index contributed by atoms with van der Waals surface area (Å²) >= 11 is 6.19. The molecular formula is C23H29ClN4O. The van der Waals surface area contributed by atoms with Crippen molar-refractivity contribution >= 4 is 23.2 Å². The van der Waals surface area contributed by atoms with E-state index in [1.54, 1.807) is 7.05 Å². The maximum Gasteiger partial charge on any atom is 0.257 e. The largest absolute Gasteiger partial charge is 0.362 e. The lowest BCUT2D eigenvalue weighted by Crippen LogP contribution is -2.47. The van der Waals surface area contributed by atoms with Crippen molar-refractivity contribution in [2.75, 3.05) is 25.5 Å². The molecule has 4 rings (SSSR count). The van der Waals surface area contributed by atoms with Gasteiger partial charge in [0.25, 0.3) is 5.91 Å². The normalized spacial score (nSPS) is 17.4. The fourth-order valence-electron chi connectivity index (χ4n) is 3.98. The predicted octanol–water partition coefficient (Wildman–Crippen LogP) is 3.38. The van der Waals surface area contributed by atoms with Gasteiger partial charge in [0.15, 0.2) is 6.17 Å². The van der Waals surface area contributed by atoms with E-state index in [2.05, 4.69) is 39.0 Å². The molecule has 0 bridgehead atoms. The number of likely N-dealkylation sites (N-methyl/N-ethyl adjacent to an activating group) is 1. The maximum atomic E-state index is 12.7. The molecular weight excluding hydrogens is 384 g/mol. The topological polar surface area (TPSA) is 56.4 Å². The maximum absolute atomic E-state index is 12.7. The van der Waals surface area contributed by atoms with Crippen molar-refractivity contribution in [2.45, 2.75) is 38.5 Å². The van der Waals surface area contributed by atoms with Crippen LogP contribution in [-0.4, -0.2) is 37.1 Å². The fraction of sp³-hybridized carbons (Fsp3) is 0.435. The molecule has 0 aromatic heterocycles. The van der Waals surface area contributed by atoms with Gasteiger partial charge in [-0.25, -0.2) is 0 Å². The third-order valence-corrected chi connectivity index (χ3v) is 6.19. The van der Waals surface area contributed by atoms with Crippen LogP contribution >= 0.6 is 11.6 Å². The highest BCUT2D eigenvalue weighted by molar-refractivity contribution is 6.31. The van der Waals surface area contributed by atoms with Crippen LogP contribution in [0.5, 0.6) is 0 Å². The number of amides is 1. The fourth-order valence-corrected chi connectivity index (χ4v) is 4.18. The molecule has 29 heavy (non-hydrogen) atoms. The number of nitrogens with one attached hydrogen (secondary N) is 3. The number of hydrogen-bond acceptors (Lipinski definition) is 4. The third-order valence-electron chi connectivity index (χ3n) is 5.82. The number of carbonyl (C=O) groups is 1. The van der Waals surface area contributed by atoms with Crippen LogP contribution in [0.25, 0.3) is 0 Å². The molecule has 2 aliphatic rings.